The number of hydrogen-bond donors (Lipinski definition) is 0. The van der Waals surface area contributed by atoms with Crippen LogP contribution >= 0.6 is 11.8 Å². The Balaban J connectivity index is 1.61. The highest BCUT2D eigenvalue weighted by Gasteiger charge is 2.45. The van der Waals surface area contributed by atoms with Crippen molar-refractivity contribution < 1.29 is 18.4 Å². The van der Waals surface area contributed by atoms with E-state index in [0.29, 0.717) is 24.3 Å². The molecule has 0 spiro atoms. The van der Waals surface area contributed by atoms with Gasteiger partial charge in [-0.05, 0) is 38.1 Å². The van der Waals surface area contributed by atoms with Gasteiger partial charge in [-0.15, -0.1) is 11.8 Å². The summed E-state index contributed by atoms with van der Waals surface area (Å²) in [5.41, 5.74) is 1.14. The average Bonchev–Trinajstić information content (AvgIpc) is 3.21. The molecule has 26 heavy (non-hydrogen) atoms. The van der Waals surface area contributed by atoms with E-state index in [-0.39, 0.29) is 17.6 Å². The van der Waals surface area contributed by atoms with E-state index in [0.717, 1.165) is 22.8 Å². The Morgan fingerprint density at radius 2 is 1.92 bits per heavy atom. The number of benzene rings is 1. The van der Waals surface area contributed by atoms with Crippen molar-refractivity contribution >= 4 is 29.3 Å². The van der Waals surface area contributed by atoms with Gasteiger partial charge in [0.05, 0.1) is 11.3 Å². The van der Waals surface area contributed by atoms with E-state index in [1.54, 1.807) is 47.5 Å². The molecule has 136 valence electrons. The highest BCUT2D eigenvalue weighted by molar-refractivity contribution is 7.98. The molecule has 0 atom stereocenters. The number of amides is 2. The van der Waals surface area contributed by atoms with E-state index < -0.39 is 5.54 Å². The third-order valence-corrected chi connectivity index (χ3v) is 6.02. The topological polar surface area (TPSA) is 53.8 Å². The molecular formula is C19H19FN2O3S. The van der Waals surface area contributed by atoms with Gasteiger partial charge < -0.3 is 14.2 Å². The molecule has 0 N–H and O–H groups in total. The maximum atomic E-state index is 13.2. The number of furan rings is 1. The Morgan fingerprint density at radius 1 is 1.19 bits per heavy atom. The summed E-state index contributed by atoms with van der Waals surface area (Å²) < 4.78 is 18.7. The van der Waals surface area contributed by atoms with Crippen molar-refractivity contribution in [1.29, 1.82) is 0 Å². The fourth-order valence-electron chi connectivity index (χ4n) is 3.52. The zero-order valence-corrected chi connectivity index (χ0v) is 15.4. The monoisotopic (exact) mass is 374 g/mol. The minimum absolute atomic E-state index is 0.172. The van der Waals surface area contributed by atoms with Crippen LogP contribution in [0, 0.1) is 5.82 Å². The number of rotatable bonds is 2. The molecule has 2 amide bonds. The Bertz CT molecular complexity index is 875. The molecule has 0 radical (unpaired) electrons. The van der Waals surface area contributed by atoms with Crippen LogP contribution in [0.25, 0.3) is 0 Å². The summed E-state index contributed by atoms with van der Waals surface area (Å²) >= 11 is 1.72. The van der Waals surface area contributed by atoms with E-state index in [1.807, 2.05) is 0 Å². The number of carbonyl (C=O) groups is 2. The van der Waals surface area contributed by atoms with Gasteiger partial charge in [0.1, 0.15) is 23.4 Å². The molecule has 1 fully saturated rings. The van der Waals surface area contributed by atoms with E-state index in [4.69, 9.17) is 4.42 Å². The Kier molecular flexibility index (Phi) is 4.06. The van der Waals surface area contributed by atoms with E-state index in [9.17, 15) is 14.0 Å². The van der Waals surface area contributed by atoms with Crippen molar-refractivity contribution in [2.24, 2.45) is 0 Å². The van der Waals surface area contributed by atoms with E-state index >= 15 is 0 Å². The lowest BCUT2D eigenvalue weighted by Crippen LogP contribution is -2.64. The van der Waals surface area contributed by atoms with Crippen LogP contribution in [0.1, 0.15) is 35.5 Å². The Morgan fingerprint density at radius 3 is 2.65 bits per heavy atom. The maximum absolute atomic E-state index is 13.2. The second-order valence-electron chi connectivity index (χ2n) is 6.99. The van der Waals surface area contributed by atoms with Gasteiger partial charge >= 0.3 is 0 Å². The Hall–Kier alpha value is -2.28. The van der Waals surface area contributed by atoms with Crippen LogP contribution in [0.2, 0.25) is 0 Å². The van der Waals surface area contributed by atoms with Gasteiger partial charge in [-0.1, -0.05) is 0 Å². The zero-order valence-electron chi connectivity index (χ0n) is 14.6. The molecule has 4 rings (SSSR count). The van der Waals surface area contributed by atoms with Crippen molar-refractivity contribution in [2.75, 3.05) is 18.0 Å². The van der Waals surface area contributed by atoms with E-state index in [2.05, 4.69) is 0 Å². The van der Waals surface area contributed by atoms with Crippen molar-refractivity contribution in [1.82, 2.24) is 4.90 Å². The van der Waals surface area contributed by atoms with Crippen LogP contribution in [0.4, 0.5) is 10.1 Å². The summed E-state index contributed by atoms with van der Waals surface area (Å²) in [6, 6.07) is 5.83. The van der Waals surface area contributed by atoms with Crippen LogP contribution in [-0.4, -0.2) is 35.3 Å². The summed E-state index contributed by atoms with van der Waals surface area (Å²) in [5, 5.41) is 0. The first kappa shape index (κ1) is 17.1. The van der Waals surface area contributed by atoms with Crippen molar-refractivity contribution in [3.8, 4) is 0 Å². The van der Waals surface area contributed by atoms with Gasteiger partial charge in [0.2, 0.25) is 0 Å². The van der Waals surface area contributed by atoms with Crippen LogP contribution in [0.5, 0.6) is 0 Å². The first-order valence-electron chi connectivity index (χ1n) is 8.46. The minimum atomic E-state index is -1.00. The molecule has 1 saturated heterocycles. The largest absolute Gasteiger partial charge is 0.467 e. The van der Waals surface area contributed by atoms with Gasteiger partial charge in [0, 0.05) is 30.1 Å². The number of nitrogens with zero attached hydrogens (tertiary/aromatic N) is 2. The van der Waals surface area contributed by atoms with Crippen molar-refractivity contribution in [2.45, 2.75) is 30.9 Å². The molecule has 5 nitrogen and oxygen atoms in total. The van der Waals surface area contributed by atoms with Crippen molar-refractivity contribution in [3.63, 3.8) is 0 Å². The molecule has 2 aliphatic heterocycles. The summed E-state index contributed by atoms with van der Waals surface area (Å²) in [5.74, 6) is 1.70. The van der Waals surface area contributed by atoms with Gasteiger partial charge in [-0.3, -0.25) is 9.59 Å². The summed E-state index contributed by atoms with van der Waals surface area (Å²) in [4.78, 5) is 29.4. The Labute approximate surface area is 155 Å². The molecule has 2 aromatic rings. The van der Waals surface area contributed by atoms with E-state index in [1.165, 1.54) is 18.4 Å². The SMILES string of the molecule is CC1(C)C(=O)N(c2ccc(F)cc2)CCN1C(=O)c1coc2c1CSC2. The number of fused-ring (bicyclic) bond motifs is 1. The van der Waals surface area contributed by atoms with Gasteiger partial charge in [-0.25, -0.2) is 4.39 Å². The number of carbonyl (C=O) groups excluding carboxylic acids is 2. The normalized spacial score (nSPS) is 19.0. The van der Waals surface area contributed by atoms with Gasteiger partial charge in [0.15, 0.2) is 0 Å². The molecule has 0 bridgehead atoms. The number of halogens is 1. The van der Waals surface area contributed by atoms with Crippen LogP contribution in [-0.2, 0) is 16.3 Å². The summed E-state index contributed by atoms with van der Waals surface area (Å²) in [7, 11) is 0. The molecule has 1 aromatic carbocycles. The third kappa shape index (κ3) is 2.61. The van der Waals surface area contributed by atoms with Crippen LogP contribution < -0.4 is 4.90 Å². The lowest BCUT2D eigenvalue weighted by Gasteiger charge is -2.45. The van der Waals surface area contributed by atoms with Crippen LogP contribution in [0.15, 0.2) is 34.9 Å². The zero-order chi connectivity index (χ0) is 18.5. The number of thioether (sulfide) groups is 1. The summed E-state index contributed by atoms with van der Waals surface area (Å²) in [6.45, 7) is 4.27. The first-order chi connectivity index (χ1) is 12.4. The van der Waals surface area contributed by atoms with Gasteiger partial charge in [-0.2, -0.15) is 0 Å². The van der Waals surface area contributed by atoms with Crippen LogP contribution in [0.3, 0.4) is 0 Å². The standard InChI is InChI=1S/C19H19FN2O3S/c1-19(2)18(24)21(13-5-3-12(20)4-6-13)7-8-22(19)17(23)14-9-25-16-11-26-10-15(14)16/h3-6,9H,7-8,10-11H2,1-2H3. The lowest BCUT2D eigenvalue weighted by atomic mass is 9.95. The fourth-order valence-corrected chi connectivity index (χ4v) is 4.57. The molecule has 0 unspecified atom stereocenters. The highest BCUT2D eigenvalue weighted by Crippen LogP contribution is 2.36. The quantitative estimate of drug-likeness (QED) is 0.808. The molecule has 7 heteroatoms. The lowest BCUT2D eigenvalue weighted by molar-refractivity contribution is -0.129. The first-order valence-corrected chi connectivity index (χ1v) is 9.61. The third-order valence-electron chi connectivity index (χ3n) is 5.06. The number of hydrogen-bond acceptors (Lipinski definition) is 4. The van der Waals surface area contributed by atoms with Gasteiger partial charge in [0.25, 0.3) is 11.8 Å². The number of anilines is 1. The summed E-state index contributed by atoms with van der Waals surface area (Å²) in [6.07, 6.45) is 1.51. The molecule has 1 aromatic heterocycles. The minimum Gasteiger partial charge on any atom is -0.467 e. The second kappa shape index (κ2) is 6.16. The average molecular weight is 374 g/mol. The molecule has 0 aliphatic carbocycles. The predicted octanol–water partition coefficient (Wildman–Crippen LogP) is 3.43. The molecular weight excluding hydrogens is 355 g/mol. The second-order valence-corrected chi connectivity index (χ2v) is 7.98. The fraction of sp³-hybridized carbons (Fsp3) is 0.368. The highest BCUT2D eigenvalue weighted by atomic mass is 32.2. The van der Waals surface area contributed by atoms with Crippen molar-refractivity contribution in [3.05, 3.63) is 53.2 Å². The maximum Gasteiger partial charge on any atom is 0.258 e. The number of piperazine rings is 1. The molecule has 3 heterocycles. The molecule has 2 aliphatic rings. The molecule has 0 saturated carbocycles. The predicted molar refractivity (Wildman–Crippen MR) is 97.6 cm³/mol. The smallest absolute Gasteiger partial charge is 0.258 e.